The first-order valence-electron chi connectivity index (χ1n) is 5.49. The van der Waals surface area contributed by atoms with Gasteiger partial charge in [0.2, 0.25) is 5.95 Å². The number of aromatic nitrogens is 3. The van der Waals surface area contributed by atoms with Gasteiger partial charge in [-0.1, -0.05) is 0 Å². The molecule has 0 fully saturated rings. The predicted octanol–water partition coefficient (Wildman–Crippen LogP) is 0.428. The standard InChI is InChI=1S/C10H19N5O2/c1-7(11)5-4-6-12-8-13-9(16-2)15-10(14-8)17-3/h7H,4-6,11H2,1-3H3,(H,12,13,14,15). The summed E-state index contributed by atoms with van der Waals surface area (Å²) in [6.45, 7) is 2.73. The minimum atomic E-state index is 0.208. The first-order valence-corrected chi connectivity index (χ1v) is 5.49. The van der Waals surface area contributed by atoms with Crippen LogP contribution < -0.4 is 20.5 Å². The topological polar surface area (TPSA) is 95.2 Å². The molecule has 1 aromatic rings. The van der Waals surface area contributed by atoms with Gasteiger partial charge in [0.25, 0.3) is 0 Å². The second kappa shape index (κ2) is 6.85. The van der Waals surface area contributed by atoms with E-state index in [-0.39, 0.29) is 18.1 Å². The molecule has 1 unspecified atom stereocenters. The third-order valence-electron chi connectivity index (χ3n) is 2.08. The van der Waals surface area contributed by atoms with Crippen molar-refractivity contribution in [2.75, 3.05) is 26.1 Å². The van der Waals surface area contributed by atoms with Crippen molar-refractivity contribution in [2.45, 2.75) is 25.8 Å². The van der Waals surface area contributed by atoms with Crippen LogP contribution >= 0.6 is 0 Å². The molecule has 1 aromatic heterocycles. The highest BCUT2D eigenvalue weighted by atomic mass is 16.5. The molecule has 96 valence electrons. The van der Waals surface area contributed by atoms with Crippen LogP contribution in [0.4, 0.5) is 5.95 Å². The monoisotopic (exact) mass is 241 g/mol. The second-order valence-electron chi connectivity index (χ2n) is 3.68. The molecule has 3 N–H and O–H groups in total. The lowest BCUT2D eigenvalue weighted by atomic mass is 10.2. The van der Waals surface area contributed by atoms with Crippen LogP contribution in [0.5, 0.6) is 12.0 Å². The summed E-state index contributed by atoms with van der Waals surface area (Å²) in [6.07, 6.45) is 1.90. The van der Waals surface area contributed by atoms with Crippen molar-refractivity contribution in [2.24, 2.45) is 5.73 Å². The SMILES string of the molecule is COc1nc(NCCCC(C)N)nc(OC)n1. The third kappa shape index (κ3) is 4.81. The van der Waals surface area contributed by atoms with Gasteiger partial charge in [0, 0.05) is 12.6 Å². The molecule has 0 aliphatic carbocycles. The maximum Gasteiger partial charge on any atom is 0.324 e. The number of nitrogens with one attached hydrogen (secondary N) is 1. The summed E-state index contributed by atoms with van der Waals surface area (Å²) in [4.78, 5) is 12.0. The van der Waals surface area contributed by atoms with Gasteiger partial charge >= 0.3 is 12.0 Å². The zero-order valence-electron chi connectivity index (χ0n) is 10.4. The van der Waals surface area contributed by atoms with Crippen LogP contribution in [0.15, 0.2) is 0 Å². The number of nitrogens with two attached hydrogens (primary N) is 1. The summed E-state index contributed by atoms with van der Waals surface area (Å²) in [5.41, 5.74) is 5.65. The summed E-state index contributed by atoms with van der Waals surface area (Å²) >= 11 is 0. The van der Waals surface area contributed by atoms with Gasteiger partial charge in [-0.25, -0.2) is 0 Å². The molecule has 7 nitrogen and oxygen atoms in total. The Morgan fingerprint density at radius 1 is 1.18 bits per heavy atom. The summed E-state index contributed by atoms with van der Waals surface area (Å²) in [7, 11) is 2.99. The van der Waals surface area contributed by atoms with Crippen molar-refractivity contribution in [1.82, 2.24) is 15.0 Å². The van der Waals surface area contributed by atoms with E-state index in [0.717, 1.165) is 19.4 Å². The number of nitrogens with zero attached hydrogens (tertiary/aromatic N) is 3. The lowest BCUT2D eigenvalue weighted by molar-refractivity contribution is 0.341. The maximum atomic E-state index is 5.65. The van der Waals surface area contributed by atoms with E-state index < -0.39 is 0 Å². The Kier molecular flexibility index (Phi) is 5.41. The van der Waals surface area contributed by atoms with Gasteiger partial charge in [0.05, 0.1) is 14.2 Å². The van der Waals surface area contributed by atoms with Gasteiger partial charge in [0.1, 0.15) is 0 Å². The average molecular weight is 241 g/mol. The van der Waals surface area contributed by atoms with E-state index in [2.05, 4.69) is 20.3 Å². The van der Waals surface area contributed by atoms with Crippen LogP contribution in [0.2, 0.25) is 0 Å². The number of hydrogen-bond acceptors (Lipinski definition) is 7. The summed E-state index contributed by atoms with van der Waals surface area (Å²) in [5, 5.41) is 3.07. The highest BCUT2D eigenvalue weighted by Gasteiger charge is 2.06. The van der Waals surface area contributed by atoms with Crippen molar-refractivity contribution in [1.29, 1.82) is 0 Å². The van der Waals surface area contributed by atoms with Gasteiger partial charge in [-0.3, -0.25) is 0 Å². The van der Waals surface area contributed by atoms with Crippen LogP contribution in [0.1, 0.15) is 19.8 Å². The molecular weight excluding hydrogens is 222 g/mol. The number of methoxy groups -OCH3 is 2. The third-order valence-corrected chi connectivity index (χ3v) is 2.08. The quantitative estimate of drug-likeness (QED) is 0.668. The molecule has 7 heteroatoms. The van der Waals surface area contributed by atoms with Crippen LogP contribution in [0, 0.1) is 0 Å². The van der Waals surface area contributed by atoms with Gasteiger partial charge in [-0.15, -0.1) is 4.98 Å². The van der Waals surface area contributed by atoms with E-state index in [1.54, 1.807) is 0 Å². The van der Waals surface area contributed by atoms with Crippen LogP contribution in [-0.2, 0) is 0 Å². The molecule has 0 aliphatic rings. The lowest BCUT2D eigenvalue weighted by Crippen LogP contribution is -2.16. The largest absolute Gasteiger partial charge is 0.467 e. The highest BCUT2D eigenvalue weighted by molar-refractivity contribution is 5.27. The molecule has 0 saturated heterocycles. The molecule has 0 aliphatic heterocycles. The summed E-state index contributed by atoms with van der Waals surface area (Å²) < 4.78 is 9.88. The van der Waals surface area contributed by atoms with E-state index in [1.807, 2.05) is 6.92 Å². The minimum absolute atomic E-state index is 0.208. The molecule has 1 heterocycles. The van der Waals surface area contributed by atoms with Crippen molar-refractivity contribution in [3.63, 3.8) is 0 Å². The molecule has 1 atom stereocenters. The number of hydrogen-bond donors (Lipinski definition) is 2. The fraction of sp³-hybridized carbons (Fsp3) is 0.700. The summed E-state index contributed by atoms with van der Waals surface area (Å²) in [5.74, 6) is 0.443. The van der Waals surface area contributed by atoms with Crippen molar-refractivity contribution in [3.8, 4) is 12.0 Å². The van der Waals surface area contributed by atoms with Gasteiger partial charge < -0.3 is 20.5 Å². The van der Waals surface area contributed by atoms with Crippen LogP contribution in [0.25, 0.3) is 0 Å². The molecule has 0 spiro atoms. The fourth-order valence-corrected chi connectivity index (χ4v) is 1.22. The normalized spacial score (nSPS) is 12.0. The molecule has 0 radical (unpaired) electrons. The lowest BCUT2D eigenvalue weighted by Gasteiger charge is -2.08. The number of anilines is 1. The minimum Gasteiger partial charge on any atom is -0.467 e. The second-order valence-corrected chi connectivity index (χ2v) is 3.68. The average Bonchev–Trinajstić information content (AvgIpc) is 2.34. The van der Waals surface area contributed by atoms with E-state index in [4.69, 9.17) is 15.2 Å². The number of ether oxygens (including phenoxy) is 2. The molecule has 1 rings (SSSR count). The highest BCUT2D eigenvalue weighted by Crippen LogP contribution is 2.11. The van der Waals surface area contributed by atoms with E-state index in [1.165, 1.54) is 14.2 Å². The van der Waals surface area contributed by atoms with Gasteiger partial charge in [-0.2, -0.15) is 9.97 Å². The first kappa shape index (κ1) is 13.4. The zero-order chi connectivity index (χ0) is 12.7. The Hall–Kier alpha value is -1.63. The van der Waals surface area contributed by atoms with Crippen molar-refractivity contribution < 1.29 is 9.47 Å². The summed E-state index contributed by atoms with van der Waals surface area (Å²) in [6, 6.07) is 0.664. The van der Waals surface area contributed by atoms with Gasteiger partial charge in [0.15, 0.2) is 0 Å². The Morgan fingerprint density at radius 2 is 1.76 bits per heavy atom. The van der Waals surface area contributed by atoms with Crippen LogP contribution in [-0.4, -0.2) is 41.8 Å². The van der Waals surface area contributed by atoms with Crippen molar-refractivity contribution >= 4 is 5.95 Å². The molecule has 0 bridgehead atoms. The Morgan fingerprint density at radius 3 is 2.24 bits per heavy atom. The predicted molar refractivity (Wildman–Crippen MR) is 64.3 cm³/mol. The van der Waals surface area contributed by atoms with E-state index in [0.29, 0.717) is 5.95 Å². The Labute approximate surface area is 101 Å². The molecule has 0 aromatic carbocycles. The smallest absolute Gasteiger partial charge is 0.324 e. The van der Waals surface area contributed by atoms with E-state index in [9.17, 15) is 0 Å². The Balaban J connectivity index is 2.51. The van der Waals surface area contributed by atoms with Gasteiger partial charge in [-0.05, 0) is 19.8 Å². The van der Waals surface area contributed by atoms with Crippen LogP contribution in [0.3, 0.4) is 0 Å². The zero-order valence-corrected chi connectivity index (χ0v) is 10.4. The first-order chi connectivity index (χ1) is 8.15. The van der Waals surface area contributed by atoms with E-state index >= 15 is 0 Å². The molecule has 0 amide bonds. The van der Waals surface area contributed by atoms with Crippen molar-refractivity contribution in [3.05, 3.63) is 0 Å². The fourth-order valence-electron chi connectivity index (χ4n) is 1.22. The number of rotatable bonds is 7. The maximum absolute atomic E-state index is 5.65. The molecule has 0 saturated carbocycles. The Bertz CT molecular complexity index is 323. The molecule has 17 heavy (non-hydrogen) atoms. The molecular formula is C10H19N5O2.